The van der Waals surface area contributed by atoms with Gasteiger partial charge in [-0.15, -0.1) is 0 Å². The van der Waals surface area contributed by atoms with Gasteiger partial charge >= 0.3 is 0 Å². The minimum absolute atomic E-state index is 0.00244. The molecule has 0 saturated heterocycles. The van der Waals surface area contributed by atoms with Gasteiger partial charge in [-0.25, -0.2) is 0 Å². The Hall–Kier alpha value is -0.670. The summed E-state index contributed by atoms with van der Waals surface area (Å²) in [4.78, 5) is 0. The van der Waals surface area contributed by atoms with Crippen LogP contribution in [-0.2, 0) is 16.6 Å². The molecule has 0 unspecified atom stereocenters. The van der Waals surface area contributed by atoms with E-state index in [-0.39, 0.29) is 6.61 Å². The smallest absolute Gasteiger partial charge is 0.0546 e. The molecule has 1 atom stereocenters. The van der Waals surface area contributed by atoms with Crippen molar-refractivity contribution in [2.45, 2.75) is 19.6 Å². The fraction of sp³-hybridized carbons (Fsp3) is 0.455. The Morgan fingerprint density at radius 1 is 1.29 bits per heavy atom. The molecule has 0 heterocycles. The van der Waals surface area contributed by atoms with E-state index in [1.807, 2.05) is 32.0 Å². The molecule has 1 N–H and O–H groups in total. The minimum atomic E-state index is -0.942. The molecule has 0 spiro atoms. The van der Waals surface area contributed by atoms with Crippen LogP contribution in [0.3, 0.4) is 0 Å². The van der Waals surface area contributed by atoms with Crippen molar-refractivity contribution in [2.24, 2.45) is 0 Å². The highest BCUT2D eigenvalue weighted by Gasteiger charge is 2.06. The standard InChI is InChI=1S/C11H16O2S/c1-9-4-3-5-10(2)11(9)8-14(13)7-6-12/h3-5,12H,6-8H2,1-2H3/t14-/m0/s1. The van der Waals surface area contributed by atoms with Crippen molar-refractivity contribution in [1.82, 2.24) is 0 Å². The van der Waals surface area contributed by atoms with Crippen molar-refractivity contribution in [3.63, 3.8) is 0 Å². The minimum Gasteiger partial charge on any atom is -0.395 e. The molecule has 0 bridgehead atoms. The van der Waals surface area contributed by atoms with Gasteiger partial charge in [-0.3, -0.25) is 4.21 Å². The number of aliphatic hydroxyl groups is 1. The molecule has 0 aliphatic carbocycles. The van der Waals surface area contributed by atoms with Gasteiger partial charge < -0.3 is 5.11 Å². The number of aliphatic hydroxyl groups excluding tert-OH is 1. The highest BCUT2D eigenvalue weighted by atomic mass is 32.2. The summed E-state index contributed by atoms with van der Waals surface area (Å²) in [7, 11) is -0.942. The fourth-order valence-corrected chi connectivity index (χ4v) is 2.54. The summed E-state index contributed by atoms with van der Waals surface area (Å²) in [6, 6.07) is 6.06. The predicted octanol–water partition coefficient (Wildman–Crippen LogP) is 1.54. The van der Waals surface area contributed by atoms with Crippen LogP contribution in [-0.4, -0.2) is 21.7 Å². The second-order valence-electron chi connectivity index (χ2n) is 3.38. The van der Waals surface area contributed by atoms with Gasteiger partial charge in [-0.05, 0) is 30.5 Å². The summed E-state index contributed by atoms with van der Waals surface area (Å²) >= 11 is 0. The molecular weight excluding hydrogens is 196 g/mol. The normalized spacial score (nSPS) is 12.8. The average Bonchev–Trinajstić information content (AvgIpc) is 2.12. The Morgan fingerprint density at radius 3 is 2.36 bits per heavy atom. The Morgan fingerprint density at radius 2 is 1.86 bits per heavy atom. The van der Waals surface area contributed by atoms with E-state index in [0.717, 1.165) is 5.56 Å². The van der Waals surface area contributed by atoms with Gasteiger partial charge in [0.2, 0.25) is 0 Å². The lowest BCUT2D eigenvalue weighted by Crippen LogP contribution is -2.06. The van der Waals surface area contributed by atoms with Gasteiger partial charge in [0.1, 0.15) is 0 Å². The van der Waals surface area contributed by atoms with Crippen LogP contribution in [0.4, 0.5) is 0 Å². The van der Waals surface area contributed by atoms with E-state index < -0.39 is 10.8 Å². The van der Waals surface area contributed by atoms with E-state index in [1.165, 1.54) is 11.1 Å². The maximum Gasteiger partial charge on any atom is 0.0546 e. The number of hydrogen-bond acceptors (Lipinski definition) is 2. The maximum atomic E-state index is 11.5. The third-order valence-electron chi connectivity index (χ3n) is 2.27. The van der Waals surface area contributed by atoms with Crippen LogP contribution in [0.1, 0.15) is 16.7 Å². The topological polar surface area (TPSA) is 37.3 Å². The van der Waals surface area contributed by atoms with Crippen molar-refractivity contribution >= 4 is 10.8 Å². The summed E-state index contributed by atoms with van der Waals surface area (Å²) in [5.41, 5.74) is 3.51. The van der Waals surface area contributed by atoms with E-state index in [0.29, 0.717) is 11.5 Å². The van der Waals surface area contributed by atoms with E-state index in [4.69, 9.17) is 5.11 Å². The molecule has 2 nitrogen and oxygen atoms in total. The van der Waals surface area contributed by atoms with Crippen LogP contribution in [0, 0.1) is 13.8 Å². The van der Waals surface area contributed by atoms with Crippen LogP contribution in [0.2, 0.25) is 0 Å². The van der Waals surface area contributed by atoms with Gasteiger partial charge in [0.25, 0.3) is 0 Å². The summed E-state index contributed by atoms with van der Waals surface area (Å²) in [5.74, 6) is 0.923. The number of rotatable bonds is 4. The number of benzene rings is 1. The molecule has 0 fully saturated rings. The number of aryl methyl sites for hydroxylation is 2. The molecule has 0 aliphatic heterocycles. The van der Waals surface area contributed by atoms with Crippen LogP contribution < -0.4 is 0 Å². The second-order valence-corrected chi connectivity index (χ2v) is 4.96. The van der Waals surface area contributed by atoms with E-state index in [9.17, 15) is 4.21 Å². The van der Waals surface area contributed by atoms with Crippen LogP contribution in [0.25, 0.3) is 0 Å². The lowest BCUT2D eigenvalue weighted by Gasteiger charge is -2.08. The van der Waals surface area contributed by atoms with Gasteiger partial charge in [-0.2, -0.15) is 0 Å². The SMILES string of the molecule is Cc1cccc(C)c1C[S@@](=O)CCO. The molecule has 0 aromatic heterocycles. The first-order chi connectivity index (χ1) is 6.65. The van der Waals surface area contributed by atoms with E-state index >= 15 is 0 Å². The largest absolute Gasteiger partial charge is 0.395 e. The third-order valence-corrected chi connectivity index (χ3v) is 3.52. The van der Waals surface area contributed by atoms with Crippen LogP contribution in [0.5, 0.6) is 0 Å². The molecule has 0 amide bonds. The van der Waals surface area contributed by atoms with Gasteiger partial charge in [0, 0.05) is 22.3 Å². The first kappa shape index (κ1) is 11.4. The maximum absolute atomic E-state index is 11.5. The third kappa shape index (κ3) is 2.93. The Labute approximate surface area is 87.4 Å². The van der Waals surface area contributed by atoms with Crippen molar-refractivity contribution < 1.29 is 9.32 Å². The molecule has 3 heteroatoms. The molecular formula is C11H16O2S. The molecule has 1 aromatic rings. The van der Waals surface area contributed by atoms with Crippen molar-refractivity contribution in [3.05, 3.63) is 34.9 Å². The summed E-state index contributed by atoms with van der Waals surface area (Å²) < 4.78 is 11.5. The predicted molar refractivity (Wildman–Crippen MR) is 59.7 cm³/mol. The first-order valence-corrected chi connectivity index (χ1v) is 6.15. The lowest BCUT2D eigenvalue weighted by molar-refractivity contribution is 0.321. The van der Waals surface area contributed by atoms with E-state index in [1.54, 1.807) is 0 Å². The van der Waals surface area contributed by atoms with Crippen LogP contribution >= 0.6 is 0 Å². The lowest BCUT2D eigenvalue weighted by atomic mass is 10.1. The van der Waals surface area contributed by atoms with Gasteiger partial charge in [-0.1, -0.05) is 18.2 Å². The van der Waals surface area contributed by atoms with Crippen LogP contribution in [0.15, 0.2) is 18.2 Å². The summed E-state index contributed by atoms with van der Waals surface area (Å²) in [5, 5.41) is 8.66. The van der Waals surface area contributed by atoms with Crippen molar-refractivity contribution in [2.75, 3.05) is 12.4 Å². The molecule has 78 valence electrons. The van der Waals surface area contributed by atoms with Crippen molar-refractivity contribution in [3.8, 4) is 0 Å². The Bertz CT molecular complexity index is 314. The molecule has 0 radical (unpaired) electrons. The monoisotopic (exact) mass is 212 g/mol. The molecule has 0 aliphatic rings. The Balaban J connectivity index is 2.80. The zero-order valence-corrected chi connectivity index (χ0v) is 9.43. The number of hydrogen-bond donors (Lipinski definition) is 1. The average molecular weight is 212 g/mol. The highest BCUT2D eigenvalue weighted by molar-refractivity contribution is 7.84. The van der Waals surface area contributed by atoms with Gasteiger partial charge in [0.05, 0.1) is 6.61 Å². The second kappa shape index (κ2) is 5.27. The Kier molecular flexibility index (Phi) is 4.29. The highest BCUT2D eigenvalue weighted by Crippen LogP contribution is 2.15. The van der Waals surface area contributed by atoms with E-state index in [2.05, 4.69) is 0 Å². The quantitative estimate of drug-likeness (QED) is 0.822. The first-order valence-electron chi connectivity index (χ1n) is 4.66. The van der Waals surface area contributed by atoms with Gasteiger partial charge in [0.15, 0.2) is 0 Å². The zero-order chi connectivity index (χ0) is 10.6. The molecule has 1 rings (SSSR count). The summed E-state index contributed by atoms with van der Waals surface area (Å²) in [6.07, 6.45) is 0. The van der Waals surface area contributed by atoms with Crippen molar-refractivity contribution in [1.29, 1.82) is 0 Å². The molecule has 14 heavy (non-hydrogen) atoms. The molecule has 0 saturated carbocycles. The fourth-order valence-electron chi connectivity index (χ4n) is 1.41. The zero-order valence-electron chi connectivity index (χ0n) is 8.62. The molecule has 1 aromatic carbocycles. The summed E-state index contributed by atoms with van der Waals surface area (Å²) in [6.45, 7) is 4.05.